The van der Waals surface area contributed by atoms with E-state index in [1.807, 2.05) is 24.3 Å². The summed E-state index contributed by atoms with van der Waals surface area (Å²) in [6, 6.07) is 10.8. The normalized spacial score (nSPS) is 17.0. The monoisotopic (exact) mass is 299 g/mol. The number of halogens is 2. The summed E-state index contributed by atoms with van der Waals surface area (Å²) in [4.78, 5) is 8.67. The molecule has 0 saturated heterocycles. The van der Waals surface area contributed by atoms with Crippen LogP contribution in [0.3, 0.4) is 0 Å². The lowest BCUT2D eigenvalue weighted by Gasteiger charge is -2.24. The van der Waals surface area contributed by atoms with Crippen LogP contribution in [0, 0.1) is 11.6 Å². The van der Waals surface area contributed by atoms with Crippen LogP contribution < -0.4 is 11.1 Å². The predicted octanol–water partition coefficient (Wildman–Crippen LogP) is 2.60. The Hall–Kier alpha value is -2.96. The van der Waals surface area contributed by atoms with Gasteiger partial charge in [-0.3, -0.25) is 9.88 Å². The van der Waals surface area contributed by atoms with Gasteiger partial charge in [0.25, 0.3) is 0 Å². The molecule has 2 heterocycles. The molecular weight excluding hydrogens is 288 g/mol. The topological polar surface area (TPSA) is 68.2 Å². The molecule has 0 fully saturated rings. The average molecular weight is 299 g/mol. The first kappa shape index (κ1) is 12.8. The smallest absolute Gasteiger partial charge is 0.212 e. The number of aromatic nitrogens is 2. The molecule has 0 aliphatic carbocycles. The van der Waals surface area contributed by atoms with Crippen LogP contribution in [0.15, 0.2) is 47.5 Å². The number of aliphatic imine (C=N–C) groups is 1. The first-order chi connectivity index (χ1) is 10.6. The highest BCUT2D eigenvalue weighted by Crippen LogP contribution is 2.33. The number of hydrogen-bond acceptors (Lipinski definition) is 4. The van der Waals surface area contributed by atoms with E-state index in [1.54, 1.807) is 4.57 Å². The lowest BCUT2D eigenvalue weighted by Crippen LogP contribution is -2.31. The highest BCUT2D eigenvalue weighted by atomic mass is 19.1. The van der Waals surface area contributed by atoms with Crippen LogP contribution in [0.1, 0.15) is 11.7 Å². The summed E-state index contributed by atoms with van der Waals surface area (Å²) < 4.78 is 29.0. The molecule has 1 aliphatic heterocycles. The van der Waals surface area contributed by atoms with Crippen molar-refractivity contribution in [2.75, 3.05) is 5.32 Å². The average Bonchev–Trinajstić information content (AvgIpc) is 2.84. The standard InChI is InChI=1S/C15H11F2N5/c16-8-5-6-9(10(17)7-8)13-20-14(18)21-15-19-11-3-1-2-4-12(11)22(13)15/h1-7,13H,(H3,18,19,20,21)/t13-/m1/s1. The van der Waals surface area contributed by atoms with Gasteiger partial charge in [0.15, 0.2) is 12.1 Å². The molecule has 2 aromatic carbocycles. The number of benzene rings is 2. The van der Waals surface area contributed by atoms with Crippen molar-refractivity contribution < 1.29 is 8.78 Å². The second kappa shape index (κ2) is 4.52. The van der Waals surface area contributed by atoms with E-state index in [1.165, 1.54) is 12.1 Å². The van der Waals surface area contributed by atoms with Gasteiger partial charge in [-0.1, -0.05) is 12.1 Å². The van der Waals surface area contributed by atoms with Crippen LogP contribution in [0.2, 0.25) is 0 Å². The molecule has 1 aliphatic rings. The zero-order valence-corrected chi connectivity index (χ0v) is 11.3. The number of nitrogens with zero attached hydrogens (tertiary/aromatic N) is 3. The fourth-order valence-corrected chi connectivity index (χ4v) is 2.64. The molecule has 3 N–H and O–H groups in total. The molecule has 0 amide bonds. The second-order valence-electron chi connectivity index (χ2n) is 4.97. The Balaban J connectivity index is 1.98. The molecule has 7 heteroatoms. The van der Waals surface area contributed by atoms with Crippen LogP contribution in [0.25, 0.3) is 11.0 Å². The van der Waals surface area contributed by atoms with E-state index in [4.69, 9.17) is 5.73 Å². The summed E-state index contributed by atoms with van der Waals surface area (Å²) in [5.41, 5.74) is 7.53. The first-order valence-corrected chi connectivity index (χ1v) is 6.66. The van der Waals surface area contributed by atoms with E-state index in [0.717, 1.165) is 17.1 Å². The number of fused-ring (bicyclic) bond motifs is 3. The van der Waals surface area contributed by atoms with Gasteiger partial charge in [0.1, 0.15) is 11.6 Å². The van der Waals surface area contributed by atoms with Crippen LogP contribution in [-0.2, 0) is 0 Å². The molecule has 110 valence electrons. The summed E-state index contributed by atoms with van der Waals surface area (Å²) >= 11 is 0. The van der Waals surface area contributed by atoms with Crippen LogP contribution >= 0.6 is 0 Å². The highest BCUT2D eigenvalue weighted by Gasteiger charge is 2.27. The lowest BCUT2D eigenvalue weighted by atomic mass is 10.1. The van der Waals surface area contributed by atoms with Gasteiger partial charge in [0, 0.05) is 11.6 Å². The summed E-state index contributed by atoms with van der Waals surface area (Å²) in [6.07, 6.45) is -0.732. The van der Waals surface area contributed by atoms with Crippen LogP contribution in [0.4, 0.5) is 14.7 Å². The van der Waals surface area contributed by atoms with Crippen LogP contribution in [0.5, 0.6) is 0 Å². The van der Waals surface area contributed by atoms with Crippen molar-refractivity contribution in [1.82, 2.24) is 9.55 Å². The Kier molecular flexibility index (Phi) is 2.62. The largest absolute Gasteiger partial charge is 0.370 e. The minimum absolute atomic E-state index is 0.136. The van der Waals surface area contributed by atoms with Crippen molar-refractivity contribution in [3.8, 4) is 0 Å². The quantitative estimate of drug-likeness (QED) is 0.725. The Morgan fingerprint density at radius 1 is 1.14 bits per heavy atom. The van der Waals surface area contributed by atoms with Gasteiger partial charge in [-0.2, -0.15) is 0 Å². The molecular formula is C15H11F2N5. The minimum atomic E-state index is -0.732. The zero-order valence-electron chi connectivity index (χ0n) is 11.3. The molecule has 0 bridgehead atoms. The number of rotatable bonds is 1. The number of para-hydroxylation sites is 2. The molecule has 22 heavy (non-hydrogen) atoms. The van der Waals surface area contributed by atoms with Gasteiger partial charge < -0.3 is 5.73 Å². The fourth-order valence-electron chi connectivity index (χ4n) is 2.64. The molecule has 4 rings (SSSR count). The molecule has 5 nitrogen and oxygen atoms in total. The third kappa shape index (κ3) is 1.82. The summed E-state index contributed by atoms with van der Waals surface area (Å²) in [5, 5.41) is 2.86. The maximum absolute atomic E-state index is 14.2. The third-order valence-electron chi connectivity index (χ3n) is 3.58. The van der Waals surface area contributed by atoms with Gasteiger partial charge in [-0.05, 0) is 24.3 Å². The SMILES string of the molecule is NC1=N[C@@H](c2ccc(F)cc2F)n2c(nc3ccccc32)N1. The van der Waals surface area contributed by atoms with Crippen LogP contribution in [-0.4, -0.2) is 15.5 Å². The Labute approximate surface area is 124 Å². The fraction of sp³-hybridized carbons (Fsp3) is 0.0667. The number of nitrogens with two attached hydrogens (primary N) is 1. The maximum Gasteiger partial charge on any atom is 0.212 e. The van der Waals surface area contributed by atoms with Gasteiger partial charge in [-0.25, -0.2) is 18.8 Å². The van der Waals surface area contributed by atoms with E-state index in [9.17, 15) is 8.78 Å². The van der Waals surface area contributed by atoms with Gasteiger partial charge in [-0.15, -0.1) is 0 Å². The van der Waals surface area contributed by atoms with Crippen molar-refractivity contribution in [3.63, 3.8) is 0 Å². The van der Waals surface area contributed by atoms with Crippen molar-refractivity contribution in [2.24, 2.45) is 10.7 Å². The predicted molar refractivity (Wildman–Crippen MR) is 79.5 cm³/mol. The molecule has 0 unspecified atom stereocenters. The highest BCUT2D eigenvalue weighted by molar-refractivity contribution is 5.94. The number of nitrogens with one attached hydrogen (secondary N) is 1. The Morgan fingerprint density at radius 2 is 1.95 bits per heavy atom. The van der Waals surface area contributed by atoms with E-state index >= 15 is 0 Å². The molecule has 1 atom stereocenters. The lowest BCUT2D eigenvalue weighted by molar-refractivity contribution is 0.534. The van der Waals surface area contributed by atoms with E-state index in [-0.39, 0.29) is 11.5 Å². The van der Waals surface area contributed by atoms with Gasteiger partial charge in [0.2, 0.25) is 5.95 Å². The molecule has 0 radical (unpaired) electrons. The van der Waals surface area contributed by atoms with Crippen molar-refractivity contribution in [2.45, 2.75) is 6.17 Å². The van der Waals surface area contributed by atoms with Gasteiger partial charge >= 0.3 is 0 Å². The summed E-state index contributed by atoms with van der Waals surface area (Å²) in [5.74, 6) is -0.700. The Morgan fingerprint density at radius 3 is 2.77 bits per heavy atom. The molecule has 0 saturated carbocycles. The number of imidazole rings is 1. The van der Waals surface area contributed by atoms with Crippen molar-refractivity contribution in [3.05, 3.63) is 59.7 Å². The molecule has 1 aromatic heterocycles. The summed E-state index contributed by atoms with van der Waals surface area (Å²) in [7, 11) is 0. The zero-order chi connectivity index (χ0) is 15.3. The maximum atomic E-state index is 14.2. The summed E-state index contributed by atoms with van der Waals surface area (Å²) in [6.45, 7) is 0. The first-order valence-electron chi connectivity index (χ1n) is 6.66. The Bertz CT molecular complexity index is 915. The van der Waals surface area contributed by atoms with Crippen molar-refractivity contribution in [1.29, 1.82) is 0 Å². The van der Waals surface area contributed by atoms with E-state index in [0.29, 0.717) is 5.95 Å². The third-order valence-corrected chi connectivity index (χ3v) is 3.58. The molecule has 3 aromatic rings. The van der Waals surface area contributed by atoms with E-state index in [2.05, 4.69) is 15.3 Å². The number of anilines is 1. The number of hydrogen-bond donors (Lipinski definition) is 2. The van der Waals surface area contributed by atoms with Crippen molar-refractivity contribution >= 4 is 22.9 Å². The van der Waals surface area contributed by atoms with E-state index < -0.39 is 17.8 Å². The minimum Gasteiger partial charge on any atom is -0.370 e. The number of guanidine groups is 1. The molecule has 0 spiro atoms. The second-order valence-corrected chi connectivity index (χ2v) is 4.97. The van der Waals surface area contributed by atoms with Gasteiger partial charge in [0.05, 0.1) is 11.0 Å².